The molecule has 1 N–H and O–H groups in total. The molecule has 0 aliphatic carbocycles. The van der Waals surface area contributed by atoms with Crippen LogP contribution in [0.5, 0.6) is 0 Å². The number of nitriles is 1. The summed E-state index contributed by atoms with van der Waals surface area (Å²) in [5.74, 6) is 0. The van der Waals surface area contributed by atoms with Crippen molar-refractivity contribution in [3.05, 3.63) is 18.0 Å². The summed E-state index contributed by atoms with van der Waals surface area (Å²) in [5, 5.41) is 15.7. The minimum Gasteiger partial charge on any atom is -0.316 e. The Labute approximate surface area is 99.8 Å². The van der Waals surface area contributed by atoms with Gasteiger partial charge in [0, 0.05) is 6.20 Å². The van der Waals surface area contributed by atoms with E-state index in [1.54, 1.807) is 12.3 Å². The van der Waals surface area contributed by atoms with Gasteiger partial charge in [0.05, 0.1) is 6.54 Å². The first-order valence-electron chi connectivity index (χ1n) is 5.05. The summed E-state index contributed by atoms with van der Waals surface area (Å²) in [6.07, 6.45) is 2.67. The highest BCUT2D eigenvalue weighted by Gasteiger charge is 2.32. The molecule has 0 atom stereocenters. The number of hydrogen-bond donors (Lipinski definition) is 1. The first kappa shape index (κ1) is 12.9. The Morgan fingerprint density at radius 3 is 2.81 bits per heavy atom. The Morgan fingerprint density at radius 1 is 1.56 bits per heavy atom. The summed E-state index contributed by atoms with van der Waals surface area (Å²) >= 11 is 0. The highest BCUT2D eigenvalue weighted by molar-refractivity contribution is 5.85. The normalized spacial score (nSPS) is 18.5. The Kier molecular flexibility index (Phi) is 4.27. The number of nitrogens with one attached hydrogen (secondary N) is 1. The van der Waals surface area contributed by atoms with Gasteiger partial charge in [-0.05, 0) is 32.0 Å². The largest absolute Gasteiger partial charge is 0.316 e. The zero-order chi connectivity index (χ0) is 10.7. The third kappa shape index (κ3) is 2.94. The summed E-state index contributed by atoms with van der Waals surface area (Å²) in [5.41, 5.74) is -0.836. The van der Waals surface area contributed by atoms with Crippen LogP contribution < -0.4 is 5.32 Å². The van der Waals surface area contributed by atoms with Gasteiger partial charge in [-0.2, -0.15) is 10.4 Å². The number of hydrogen-bond acceptors (Lipinski definition) is 3. The van der Waals surface area contributed by atoms with Crippen molar-refractivity contribution in [2.24, 2.45) is 0 Å². The van der Waals surface area contributed by atoms with Crippen LogP contribution in [0.25, 0.3) is 0 Å². The SMILES string of the molecule is Cl.N#Cc1ccn(CC2(F)CCNCC2)n1. The van der Waals surface area contributed by atoms with Crippen LogP contribution in [-0.4, -0.2) is 28.5 Å². The van der Waals surface area contributed by atoms with E-state index in [4.69, 9.17) is 5.26 Å². The van der Waals surface area contributed by atoms with Crippen molar-refractivity contribution in [3.63, 3.8) is 0 Å². The number of nitrogens with zero attached hydrogens (tertiary/aromatic N) is 3. The second-order valence-corrected chi connectivity index (χ2v) is 3.91. The van der Waals surface area contributed by atoms with Crippen LogP contribution in [0.2, 0.25) is 0 Å². The number of aromatic nitrogens is 2. The molecule has 1 aromatic heterocycles. The molecule has 1 saturated heterocycles. The zero-order valence-electron chi connectivity index (χ0n) is 8.82. The Bertz CT molecular complexity index is 378. The van der Waals surface area contributed by atoms with E-state index >= 15 is 0 Å². The Hall–Kier alpha value is -1.12. The minimum absolute atomic E-state index is 0. The molecule has 0 unspecified atom stereocenters. The topological polar surface area (TPSA) is 53.6 Å². The van der Waals surface area contributed by atoms with E-state index in [2.05, 4.69) is 10.4 Å². The lowest BCUT2D eigenvalue weighted by atomic mass is 9.94. The molecule has 6 heteroatoms. The fourth-order valence-corrected chi connectivity index (χ4v) is 1.83. The molecule has 4 nitrogen and oxygen atoms in total. The van der Waals surface area contributed by atoms with E-state index < -0.39 is 5.67 Å². The molecule has 88 valence electrons. The predicted molar refractivity (Wildman–Crippen MR) is 60.1 cm³/mol. The van der Waals surface area contributed by atoms with Crippen LogP contribution in [0.3, 0.4) is 0 Å². The average molecular weight is 245 g/mol. The number of rotatable bonds is 2. The molecule has 0 spiro atoms. The first-order chi connectivity index (χ1) is 7.22. The molecule has 0 saturated carbocycles. The van der Waals surface area contributed by atoms with Gasteiger partial charge < -0.3 is 5.32 Å². The molecule has 0 amide bonds. The quantitative estimate of drug-likeness (QED) is 0.853. The molecule has 0 aromatic carbocycles. The lowest BCUT2D eigenvalue weighted by molar-refractivity contribution is 0.0894. The second kappa shape index (κ2) is 5.28. The van der Waals surface area contributed by atoms with Crippen molar-refractivity contribution in [1.29, 1.82) is 5.26 Å². The van der Waals surface area contributed by atoms with Gasteiger partial charge in [0.25, 0.3) is 0 Å². The molecule has 0 radical (unpaired) electrons. The van der Waals surface area contributed by atoms with Gasteiger partial charge in [-0.25, -0.2) is 4.39 Å². The fraction of sp³-hybridized carbons (Fsp3) is 0.600. The van der Waals surface area contributed by atoms with E-state index in [0.29, 0.717) is 31.6 Å². The molecular weight excluding hydrogens is 231 g/mol. The summed E-state index contributed by atoms with van der Waals surface area (Å²) in [6.45, 7) is 1.67. The summed E-state index contributed by atoms with van der Waals surface area (Å²) < 4.78 is 15.7. The van der Waals surface area contributed by atoms with Gasteiger partial charge in [0.2, 0.25) is 0 Å². The van der Waals surface area contributed by atoms with Crippen molar-refractivity contribution < 1.29 is 4.39 Å². The van der Waals surface area contributed by atoms with E-state index in [-0.39, 0.29) is 19.0 Å². The molecule has 1 aliphatic rings. The number of piperidine rings is 1. The minimum atomic E-state index is -1.18. The van der Waals surface area contributed by atoms with Crippen LogP contribution in [0.1, 0.15) is 18.5 Å². The molecule has 2 heterocycles. The summed E-state index contributed by atoms with van der Waals surface area (Å²) in [6, 6.07) is 3.53. The van der Waals surface area contributed by atoms with E-state index in [1.165, 1.54) is 4.68 Å². The first-order valence-corrected chi connectivity index (χ1v) is 5.05. The van der Waals surface area contributed by atoms with Crippen LogP contribution in [-0.2, 0) is 6.54 Å². The van der Waals surface area contributed by atoms with Gasteiger partial charge >= 0.3 is 0 Å². The third-order valence-electron chi connectivity index (χ3n) is 2.70. The highest BCUT2D eigenvalue weighted by Crippen LogP contribution is 2.24. The third-order valence-corrected chi connectivity index (χ3v) is 2.70. The van der Waals surface area contributed by atoms with Crippen LogP contribution in [0.4, 0.5) is 4.39 Å². The van der Waals surface area contributed by atoms with Crippen molar-refractivity contribution in [2.45, 2.75) is 25.1 Å². The van der Waals surface area contributed by atoms with Crippen molar-refractivity contribution in [2.75, 3.05) is 13.1 Å². The van der Waals surface area contributed by atoms with Gasteiger partial charge in [-0.15, -0.1) is 12.4 Å². The van der Waals surface area contributed by atoms with E-state index in [9.17, 15) is 4.39 Å². The highest BCUT2D eigenvalue weighted by atomic mass is 35.5. The molecule has 0 bridgehead atoms. The maximum Gasteiger partial charge on any atom is 0.162 e. The van der Waals surface area contributed by atoms with Gasteiger partial charge in [-0.3, -0.25) is 4.68 Å². The van der Waals surface area contributed by atoms with Crippen molar-refractivity contribution in [3.8, 4) is 6.07 Å². The predicted octanol–water partition coefficient (Wildman–Crippen LogP) is 1.27. The standard InChI is InChI=1S/C10H13FN4.ClH/c11-10(2-4-13-5-3-10)8-15-6-1-9(7-12)14-15;/h1,6,13H,2-5,8H2;1H. The molecule has 1 aliphatic heterocycles. The Morgan fingerprint density at radius 2 is 2.25 bits per heavy atom. The van der Waals surface area contributed by atoms with Crippen LogP contribution in [0, 0.1) is 11.3 Å². The van der Waals surface area contributed by atoms with Crippen molar-refractivity contribution >= 4 is 12.4 Å². The Balaban J connectivity index is 0.00000128. The van der Waals surface area contributed by atoms with Gasteiger partial charge in [-0.1, -0.05) is 0 Å². The molecular formula is C10H14ClFN4. The van der Waals surface area contributed by atoms with E-state index in [0.717, 1.165) is 0 Å². The summed E-state index contributed by atoms with van der Waals surface area (Å²) in [4.78, 5) is 0. The maximum absolute atomic E-state index is 14.2. The van der Waals surface area contributed by atoms with Gasteiger partial charge in [0.1, 0.15) is 11.7 Å². The number of halogens is 2. The van der Waals surface area contributed by atoms with Crippen LogP contribution >= 0.6 is 12.4 Å². The second-order valence-electron chi connectivity index (χ2n) is 3.91. The maximum atomic E-state index is 14.2. The van der Waals surface area contributed by atoms with Crippen molar-refractivity contribution in [1.82, 2.24) is 15.1 Å². The fourth-order valence-electron chi connectivity index (χ4n) is 1.83. The molecule has 2 rings (SSSR count). The number of alkyl halides is 1. The average Bonchev–Trinajstić information content (AvgIpc) is 2.66. The van der Waals surface area contributed by atoms with Crippen LogP contribution in [0.15, 0.2) is 12.3 Å². The molecule has 1 aromatic rings. The zero-order valence-corrected chi connectivity index (χ0v) is 9.63. The smallest absolute Gasteiger partial charge is 0.162 e. The van der Waals surface area contributed by atoms with Gasteiger partial charge in [0.15, 0.2) is 5.69 Å². The molecule has 1 fully saturated rings. The monoisotopic (exact) mass is 244 g/mol. The lowest BCUT2D eigenvalue weighted by Gasteiger charge is -2.29. The lowest BCUT2D eigenvalue weighted by Crippen LogP contribution is -2.41. The summed E-state index contributed by atoms with van der Waals surface area (Å²) in [7, 11) is 0. The van der Waals surface area contributed by atoms with E-state index in [1.807, 2.05) is 6.07 Å². The molecule has 16 heavy (non-hydrogen) atoms.